The summed E-state index contributed by atoms with van der Waals surface area (Å²) >= 11 is 19.8. The van der Waals surface area contributed by atoms with Crippen molar-refractivity contribution in [1.29, 1.82) is 0 Å². The number of ether oxygens (including phenoxy) is 2. The average molecular weight is 509 g/mol. The molecule has 2 heterocycles. The average Bonchev–Trinajstić information content (AvgIpc) is 3.24. The Bertz CT molecular complexity index is 1270. The molecule has 1 amide bonds. The van der Waals surface area contributed by atoms with Crippen molar-refractivity contribution >= 4 is 67.4 Å². The van der Waals surface area contributed by atoms with E-state index >= 15 is 0 Å². The number of anilines is 1. The van der Waals surface area contributed by atoms with E-state index in [4.69, 9.17) is 44.3 Å². The highest BCUT2D eigenvalue weighted by Gasteiger charge is 2.23. The summed E-state index contributed by atoms with van der Waals surface area (Å²) in [6.07, 6.45) is 3.36. The zero-order valence-electron chi connectivity index (χ0n) is 16.7. The Morgan fingerprint density at radius 2 is 1.91 bits per heavy atom. The Labute approximate surface area is 203 Å². The highest BCUT2D eigenvalue weighted by molar-refractivity contribution is 7.23. The Hall–Kier alpha value is -2.58. The number of methoxy groups -OCH3 is 1. The van der Waals surface area contributed by atoms with Crippen LogP contribution < -0.4 is 14.4 Å². The second-order valence-corrected chi connectivity index (χ2v) is 8.86. The molecule has 0 fully saturated rings. The molecule has 0 saturated carbocycles. The van der Waals surface area contributed by atoms with Crippen molar-refractivity contribution in [2.24, 2.45) is 0 Å². The van der Waals surface area contributed by atoms with Crippen LogP contribution in [0.3, 0.4) is 0 Å². The van der Waals surface area contributed by atoms with Gasteiger partial charge in [-0.2, -0.15) is 0 Å². The van der Waals surface area contributed by atoms with Crippen LogP contribution in [0.25, 0.3) is 10.2 Å². The summed E-state index contributed by atoms with van der Waals surface area (Å²) in [5, 5.41) is 1.79. The van der Waals surface area contributed by atoms with Crippen molar-refractivity contribution < 1.29 is 14.3 Å². The molecule has 0 bridgehead atoms. The van der Waals surface area contributed by atoms with E-state index in [-0.39, 0.29) is 19.1 Å². The number of thiazole rings is 1. The van der Waals surface area contributed by atoms with Crippen LogP contribution in [0.1, 0.15) is 5.56 Å². The lowest BCUT2D eigenvalue weighted by molar-refractivity contribution is -0.120. The second kappa shape index (κ2) is 9.92. The number of hydrogen-bond acceptors (Lipinski definition) is 6. The van der Waals surface area contributed by atoms with E-state index in [0.29, 0.717) is 37.2 Å². The third-order valence-corrected chi connectivity index (χ3v) is 6.58. The highest BCUT2D eigenvalue weighted by Crippen LogP contribution is 2.39. The summed E-state index contributed by atoms with van der Waals surface area (Å²) in [7, 11) is 1.56. The van der Waals surface area contributed by atoms with Crippen molar-refractivity contribution in [2.75, 3.05) is 18.6 Å². The van der Waals surface area contributed by atoms with Gasteiger partial charge >= 0.3 is 0 Å². The number of aromatic nitrogens is 2. The van der Waals surface area contributed by atoms with Gasteiger partial charge in [-0.1, -0.05) is 52.2 Å². The first-order chi connectivity index (χ1) is 15.5. The molecule has 4 rings (SSSR count). The van der Waals surface area contributed by atoms with Crippen molar-refractivity contribution in [1.82, 2.24) is 9.97 Å². The van der Waals surface area contributed by atoms with E-state index < -0.39 is 0 Å². The van der Waals surface area contributed by atoms with Crippen molar-refractivity contribution in [3.05, 3.63) is 75.5 Å². The number of amides is 1. The number of pyridine rings is 1. The minimum Gasteiger partial charge on any atom is -0.494 e. The van der Waals surface area contributed by atoms with E-state index in [9.17, 15) is 4.79 Å². The predicted molar refractivity (Wildman–Crippen MR) is 129 cm³/mol. The van der Waals surface area contributed by atoms with Crippen molar-refractivity contribution in [2.45, 2.75) is 6.54 Å². The Kier molecular flexibility index (Phi) is 7.01. The van der Waals surface area contributed by atoms with Crippen LogP contribution in [-0.2, 0) is 11.3 Å². The summed E-state index contributed by atoms with van der Waals surface area (Å²) in [6.45, 7) is 0.00649. The van der Waals surface area contributed by atoms with Gasteiger partial charge in [-0.25, -0.2) is 4.98 Å². The number of carbonyl (C=O) groups is 1. The lowest BCUT2D eigenvalue weighted by atomic mass is 10.2. The molecular weight excluding hydrogens is 493 g/mol. The summed E-state index contributed by atoms with van der Waals surface area (Å²) in [6, 6.07) is 12.0. The maximum absolute atomic E-state index is 13.2. The second-order valence-electron chi connectivity index (χ2n) is 6.63. The molecule has 0 aliphatic carbocycles. The van der Waals surface area contributed by atoms with E-state index in [1.165, 1.54) is 16.2 Å². The van der Waals surface area contributed by atoms with Crippen LogP contribution in [0.15, 0.2) is 54.9 Å². The lowest BCUT2D eigenvalue weighted by Gasteiger charge is -2.20. The SMILES string of the molecule is COc1ccc(Cl)c2sc(N(Cc3cccnc3)C(=O)COc3ccc(Cl)cc3Cl)nc12. The fraction of sp³-hybridized carbons (Fsp3) is 0.136. The fourth-order valence-corrected chi connectivity index (χ4v) is 4.70. The number of nitrogens with zero attached hydrogens (tertiary/aromatic N) is 3. The highest BCUT2D eigenvalue weighted by atomic mass is 35.5. The number of carbonyl (C=O) groups excluding carboxylic acids is 1. The number of hydrogen-bond donors (Lipinski definition) is 0. The van der Waals surface area contributed by atoms with Gasteiger partial charge in [-0.05, 0) is 42.0 Å². The topological polar surface area (TPSA) is 64.5 Å². The summed E-state index contributed by atoms with van der Waals surface area (Å²) in [5.41, 5.74) is 1.42. The van der Waals surface area contributed by atoms with Gasteiger partial charge in [0.05, 0.1) is 28.4 Å². The van der Waals surface area contributed by atoms with Crippen LogP contribution in [0.4, 0.5) is 5.13 Å². The molecule has 0 unspecified atom stereocenters. The van der Waals surface area contributed by atoms with E-state index in [1.807, 2.05) is 6.07 Å². The first kappa shape index (κ1) is 22.6. The molecule has 0 spiro atoms. The fourth-order valence-electron chi connectivity index (χ4n) is 2.97. The molecule has 0 aliphatic rings. The molecule has 32 heavy (non-hydrogen) atoms. The van der Waals surface area contributed by atoms with Gasteiger partial charge in [0.25, 0.3) is 5.91 Å². The normalized spacial score (nSPS) is 10.9. The first-order valence-corrected chi connectivity index (χ1v) is 11.3. The zero-order valence-corrected chi connectivity index (χ0v) is 19.8. The summed E-state index contributed by atoms with van der Waals surface area (Å²) in [5.74, 6) is 0.624. The van der Waals surface area contributed by atoms with Gasteiger partial charge in [0.1, 0.15) is 17.0 Å². The molecule has 6 nitrogen and oxygen atoms in total. The standard InChI is InChI=1S/C22H16Cl3N3O3S/c1-30-18-7-5-15(24)21-20(18)27-22(32-21)28(11-13-3-2-8-26-10-13)19(29)12-31-17-6-4-14(23)9-16(17)25/h2-10H,11-12H2,1H3. The van der Waals surface area contributed by atoms with Crippen LogP contribution in [0, 0.1) is 0 Å². The molecule has 164 valence electrons. The van der Waals surface area contributed by atoms with Crippen molar-refractivity contribution in [3.8, 4) is 11.5 Å². The quantitative estimate of drug-likeness (QED) is 0.294. The molecule has 2 aromatic carbocycles. The third kappa shape index (κ3) is 4.91. The van der Waals surface area contributed by atoms with Crippen LogP contribution >= 0.6 is 46.1 Å². The monoisotopic (exact) mass is 507 g/mol. The Morgan fingerprint density at radius 1 is 1.09 bits per heavy atom. The Balaban J connectivity index is 1.66. The van der Waals surface area contributed by atoms with E-state index in [1.54, 1.807) is 55.9 Å². The van der Waals surface area contributed by atoms with Crippen LogP contribution in [0.2, 0.25) is 15.1 Å². The minimum absolute atomic E-state index is 0.248. The molecule has 0 radical (unpaired) electrons. The summed E-state index contributed by atoms with van der Waals surface area (Å²) in [4.78, 5) is 23.5. The lowest BCUT2D eigenvalue weighted by Crippen LogP contribution is -2.34. The molecule has 0 saturated heterocycles. The molecule has 2 aromatic heterocycles. The number of fused-ring (bicyclic) bond motifs is 1. The largest absolute Gasteiger partial charge is 0.494 e. The van der Waals surface area contributed by atoms with Gasteiger partial charge in [-0.15, -0.1) is 0 Å². The maximum Gasteiger partial charge on any atom is 0.267 e. The third-order valence-electron chi connectivity index (χ3n) is 4.51. The van der Waals surface area contributed by atoms with Gasteiger partial charge in [0, 0.05) is 17.4 Å². The van der Waals surface area contributed by atoms with Gasteiger partial charge < -0.3 is 9.47 Å². The molecule has 10 heteroatoms. The van der Waals surface area contributed by atoms with Gasteiger partial charge in [0.15, 0.2) is 11.7 Å². The molecule has 0 N–H and O–H groups in total. The molecule has 0 atom stereocenters. The van der Waals surface area contributed by atoms with Crippen molar-refractivity contribution in [3.63, 3.8) is 0 Å². The van der Waals surface area contributed by atoms with E-state index in [0.717, 1.165) is 10.3 Å². The molecule has 0 aliphatic heterocycles. The zero-order chi connectivity index (χ0) is 22.7. The predicted octanol–water partition coefficient (Wildman–Crippen LogP) is 6.27. The molecule has 4 aromatic rings. The maximum atomic E-state index is 13.2. The van der Waals surface area contributed by atoms with Gasteiger partial charge in [0.2, 0.25) is 0 Å². The van der Waals surface area contributed by atoms with E-state index in [2.05, 4.69) is 9.97 Å². The van der Waals surface area contributed by atoms with Gasteiger partial charge in [-0.3, -0.25) is 14.7 Å². The minimum atomic E-state index is -0.311. The van der Waals surface area contributed by atoms with Crippen LogP contribution in [0.5, 0.6) is 11.5 Å². The summed E-state index contributed by atoms with van der Waals surface area (Å²) < 4.78 is 11.8. The number of halogens is 3. The van der Waals surface area contributed by atoms with Crippen LogP contribution in [-0.4, -0.2) is 29.6 Å². The smallest absolute Gasteiger partial charge is 0.267 e. The number of rotatable bonds is 7. The first-order valence-electron chi connectivity index (χ1n) is 9.36. The number of benzene rings is 2. The Morgan fingerprint density at radius 3 is 2.62 bits per heavy atom. The molecular formula is C22H16Cl3N3O3S.